The first kappa shape index (κ1) is 64.7. The summed E-state index contributed by atoms with van der Waals surface area (Å²) in [4.78, 5) is 0. The highest BCUT2D eigenvalue weighted by atomic mass is 16.5. The zero-order valence-electron chi connectivity index (χ0n) is 61.1. The monoisotopic (exact) mass is 1430 g/mol. The first-order chi connectivity index (χ1) is 54.8. The number of allylic oxidation sites excluding steroid dienone is 2. The Kier molecular flexibility index (Phi) is 15.6. The smallest absolute Gasteiger partial charge is 0.135 e. The first-order valence-electron chi connectivity index (χ1n) is 39.1. The zero-order valence-corrected chi connectivity index (χ0v) is 61.1. The molecule has 20 aromatic rings. The van der Waals surface area contributed by atoms with E-state index in [4.69, 9.17) is 26.8 Å². The van der Waals surface area contributed by atoms with Crippen molar-refractivity contribution < 1.29 is 26.8 Å². The van der Waals surface area contributed by atoms with E-state index in [1.54, 1.807) is 0 Å². The molecule has 2 aliphatic rings. The Bertz CT molecular complexity index is 6850. The summed E-state index contributed by atoms with van der Waals surface area (Å²) < 4.78 is 37.9. The topological polar surface area (TPSA) is 74.9 Å². The zero-order chi connectivity index (χ0) is 73.0. The normalized spacial score (nSPS) is 14.1. The van der Waals surface area contributed by atoms with E-state index in [0.29, 0.717) is 0 Å². The molecule has 6 heteroatoms. The van der Waals surface area contributed by atoms with Crippen LogP contribution < -0.4 is 4.74 Å². The van der Waals surface area contributed by atoms with Crippen LogP contribution in [0.4, 0.5) is 0 Å². The lowest BCUT2D eigenvalue weighted by Gasteiger charge is -2.14. The quantitative estimate of drug-likeness (QED) is 0.0852. The summed E-state index contributed by atoms with van der Waals surface area (Å²) in [5.41, 5.74) is 32.5. The molecule has 0 bridgehead atoms. The van der Waals surface area contributed by atoms with Crippen LogP contribution in [0, 0.1) is 0 Å². The van der Waals surface area contributed by atoms with Crippen LogP contribution in [-0.2, 0) is 38.5 Å². The molecule has 0 fully saturated rings. The second-order valence-corrected chi connectivity index (χ2v) is 30.6. The number of benzene rings is 15. The lowest BCUT2D eigenvalue weighted by Crippen LogP contribution is -2.15. The highest BCUT2D eigenvalue weighted by Gasteiger charge is 2.32. The van der Waals surface area contributed by atoms with Gasteiger partial charge in [0.2, 0.25) is 0 Å². The van der Waals surface area contributed by atoms with Crippen LogP contribution in [0.15, 0.2) is 350 Å². The summed E-state index contributed by atoms with van der Waals surface area (Å²) in [7, 11) is 0. The average Bonchev–Trinajstić information content (AvgIpc) is 1.67. The third-order valence-corrected chi connectivity index (χ3v) is 23.7. The van der Waals surface area contributed by atoms with Crippen LogP contribution in [-0.4, -0.2) is 6.10 Å². The van der Waals surface area contributed by atoms with Gasteiger partial charge in [0.1, 0.15) is 67.7 Å². The number of hydrogen-bond donors (Lipinski definition) is 0. The van der Waals surface area contributed by atoms with E-state index in [0.717, 1.165) is 190 Å². The minimum absolute atomic E-state index is 0.0695. The van der Waals surface area contributed by atoms with E-state index in [1.807, 2.05) is 24.3 Å². The van der Waals surface area contributed by atoms with Gasteiger partial charge in [-0.1, -0.05) is 182 Å². The van der Waals surface area contributed by atoms with Gasteiger partial charge in [0.25, 0.3) is 0 Å². The van der Waals surface area contributed by atoms with Crippen LogP contribution in [0.2, 0.25) is 0 Å². The fourth-order valence-corrected chi connectivity index (χ4v) is 17.7. The van der Waals surface area contributed by atoms with E-state index >= 15 is 0 Å². The van der Waals surface area contributed by atoms with Gasteiger partial charge in [0.15, 0.2) is 0 Å². The van der Waals surface area contributed by atoms with E-state index in [1.165, 1.54) is 88.8 Å². The maximum Gasteiger partial charge on any atom is 0.135 e. The Labute approximate surface area is 641 Å². The Morgan fingerprint density at radius 1 is 0.198 bits per heavy atom. The van der Waals surface area contributed by atoms with E-state index in [2.05, 4.69) is 303 Å². The molecule has 22 rings (SSSR count). The number of para-hydroxylation sites is 2. The Morgan fingerprint density at radius 2 is 0.468 bits per heavy atom. The summed E-state index contributed by atoms with van der Waals surface area (Å²) in [5, 5.41) is 11.4. The third kappa shape index (κ3) is 12.0. The first-order valence-corrected chi connectivity index (χ1v) is 39.1. The van der Waals surface area contributed by atoms with Gasteiger partial charge >= 0.3 is 0 Å². The molecule has 0 saturated carbocycles. The molecule has 0 radical (unpaired) electrons. The van der Waals surface area contributed by atoms with Crippen LogP contribution in [0.3, 0.4) is 0 Å². The minimum Gasteiger partial charge on any atom is -0.485 e. The average molecular weight is 1430 g/mol. The summed E-state index contributed by atoms with van der Waals surface area (Å²) in [6, 6.07) is 111. The number of aryl methyl sites for hydroxylation is 6. The van der Waals surface area contributed by atoms with Crippen molar-refractivity contribution >= 4 is 110 Å². The maximum atomic E-state index is 6.42. The number of fused-ring (bicyclic) bond motifs is 18. The second-order valence-electron chi connectivity index (χ2n) is 30.6. The molecule has 530 valence electrons. The van der Waals surface area contributed by atoms with Crippen LogP contribution in [0.25, 0.3) is 176 Å². The summed E-state index contributed by atoms with van der Waals surface area (Å²) in [6.07, 6.45) is 17.6. The summed E-state index contributed by atoms with van der Waals surface area (Å²) >= 11 is 0. The molecule has 0 spiro atoms. The van der Waals surface area contributed by atoms with E-state index in [-0.39, 0.29) is 12.0 Å². The fraction of sp³-hybridized carbons (Fsp3) is 0.105. The number of furan rings is 5. The van der Waals surface area contributed by atoms with Crippen molar-refractivity contribution in [2.24, 2.45) is 0 Å². The van der Waals surface area contributed by atoms with Crippen molar-refractivity contribution in [3.8, 4) is 72.5 Å². The molecule has 15 aromatic carbocycles. The van der Waals surface area contributed by atoms with Crippen molar-refractivity contribution in [1.82, 2.24) is 0 Å². The molecule has 0 amide bonds. The molecular formula is C105H74O6. The lowest BCUT2D eigenvalue weighted by atomic mass is 9.90. The molecule has 111 heavy (non-hydrogen) atoms. The van der Waals surface area contributed by atoms with Gasteiger partial charge in [-0.2, -0.15) is 0 Å². The molecule has 6 nitrogen and oxygen atoms in total. The van der Waals surface area contributed by atoms with Crippen LogP contribution in [0.1, 0.15) is 64.1 Å². The van der Waals surface area contributed by atoms with Gasteiger partial charge in [-0.25, -0.2) is 0 Å². The fourth-order valence-electron chi connectivity index (χ4n) is 17.7. The van der Waals surface area contributed by atoms with Gasteiger partial charge in [-0.3, -0.25) is 0 Å². The number of ether oxygens (including phenoxy) is 1. The highest BCUT2D eigenvalue weighted by Crippen LogP contribution is 2.46. The molecule has 1 aliphatic heterocycles. The second kappa shape index (κ2) is 26.8. The molecule has 1 aliphatic carbocycles. The minimum atomic E-state index is 0.0695. The SMILES string of the molecule is C1=CC2Oc3ccc(-c4ccc5oc6ccc(CCCc7ccc(-c8cc(-c9ccc(CCCc%10ccc%11oc%12ccc(-c%13ccc%14oc%15ccccc%15c%14c%13)cc%12c%11c%10)cc9)cc(-c9ccc(CCCc%10ccc%11oc%12ccc(-c%13ccc%14oc%15ccccc%15c%14c%13)cc%12c%11c%10)cc9)c8)cc7)cc6c5c4)cc3C2C=C1. The molecule has 5 aromatic heterocycles. The Hall–Kier alpha value is -13.4. The van der Waals surface area contributed by atoms with Crippen molar-refractivity contribution in [3.05, 3.63) is 367 Å². The van der Waals surface area contributed by atoms with Gasteiger partial charge in [-0.05, 0) is 304 Å². The van der Waals surface area contributed by atoms with E-state index in [9.17, 15) is 0 Å². The molecule has 0 saturated heterocycles. The molecule has 2 unspecified atom stereocenters. The summed E-state index contributed by atoms with van der Waals surface area (Å²) in [5.74, 6) is 1.22. The Balaban J connectivity index is 0.499. The maximum absolute atomic E-state index is 6.42. The molecule has 6 heterocycles. The predicted octanol–water partition coefficient (Wildman–Crippen LogP) is 28.7. The molecular weight excluding hydrogens is 1360 g/mol. The third-order valence-electron chi connectivity index (χ3n) is 23.7. The van der Waals surface area contributed by atoms with Gasteiger partial charge < -0.3 is 26.8 Å². The largest absolute Gasteiger partial charge is 0.485 e. The van der Waals surface area contributed by atoms with Gasteiger partial charge in [-0.15, -0.1) is 0 Å². The molecule has 2 atom stereocenters. The van der Waals surface area contributed by atoms with Gasteiger partial charge in [0, 0.05) is 65.3 Å². The highest BCUT2D eigenvalue weighted by molar-refractivity contribution is 6.11. The standard InChI is InChI=1S/C105H74O6/c1-4-19-94-82(16-1)88-58-73(37-46-100(88)106-94)76-40-49-103-91(61-76)85-52-67(28-43-97(85)109-103)13-7-10-64-22-31-70(32-23-64)79-55-80(71-33-24-65(25-34-71)11-8-14-68-29-44-98-86(53-68)92-62-77(41-50-104(92)110-98)74-38-47-101-89(59-74)83-17-2-5-20-95(83)107-101)57-81(56-79)72-35-26-66(27-36-72)12-9-15-69-30-45-99-87(54-69)93-63-78(42-51-105(93)111-99)75-39-48-102-90(60-75)84-18-3-6-21-96(84)108-102/h1-6,16-63,82,94H,7-15H2. The Morgan fingerprint density at radius 3 is 0.838 bits per heavy atom. The lowest BCUT2D eigenvalue weighted by molar-refractivity contribution is 0.269. The van der Waals surface area contributed by atoms with Crippen molar-refractivity contribution in [2.45, 2.75) is 69.8 Å². The molecule has 0 N–H and O–H groups in total. The number of hydrogen-bond acceptors (Lipinski definition) is 6. The van der Waals surface area contributed by atoms with Gasteiger partial charge in [0.05, 0.1) is 0 Å². The summed E-state index contributed by atoms with van der Waals surface area (Å²) in [6.45, 7) is 0. The number of rotatable bonds is 18. The van der Waals surface area contributed by atoms with Crippen molar-refractivity contribution in [2.75, 3.05) is 0 Å². The van der Waals surface area contributed by atoms with Crippen LogP contribution >= 0.6 is 0 Å². The van der Waals surface area contributed by atoms with Crippen LogP contribution in [0.5, 0.6) is 5.75 Å². The van der Waals surface area contributed by atoms with Crippen molar-refractivity contribution in [3.63, 3.8) is 0 Å². The predicted molar refractivity (Wildman–Crippen MR) is 456 cm³/mol. The van der Waals surface area contributed by atoms with E-state index < -0.39 is 0 Å². The van der Waals surface area contributed by atoms with Crippen molar-refractivity contribution in [1.29, 1.82) is 0 Å².